The van der Waals surface area contributed by atoms with Crippen LogP contribution in [-0.2, 0) is 17.3 Å². The molecule has 0 spiro atoms. The lowest BCUT2D eigenvalue weighted by atomic mass is 10.1. The van der Waals surface area contributed by atoms with Crippen molar-refractivity contribution < 1.29 is 4.74 Å². The first-order valence-corrected chi connectivity index (χ1v) is 6.75. The third-order valence-electron chi connectivity index (χ3n) is 2.23. The van der Waals surface area contributed by atoms with Crippen LogP contribution in [0.15, 0.2) is 24.3 Å². The lowest BCUT2D eigenvalue weighted by Gasteiger charge is -2.07. The van der Waals surface area contributed by atoms with Crippen LogP contribution in [0.5, 0.6) is 5.75 Å². The fourth-order valence-corrected chi connectivity index (χ4v) is 2.65. The van der Waals surface area contributed by atoms with Crippen LogP contribution < -0.4 is 4.74 Å². The molecule has 0 aliphatic carbocycles. The number of fused-ring (bicyclic) bond motifs is 1. The molecule has 0 aromatic heterocycles. The highest BCUT2D eigenvalue weighted by molar-refractivity contribution is 7.95. The van der Waals surface area contributed by atoms with Crippen molar-refractivity contribution >= 4 is 10.9 Å². The number of hydrogen-bond donors (Lipinski definition) is 0. The highest BCUT2D eigenvalue weighted by Gasteiger charge is 2.26. The van der Waals surface area contributed by atoms with Crippen molar-refractivity contribution in [1.29, 1.82) is 0 Å². The van der Waals surface area contributed by atoms with Crippen LogP contribution in [0.4, 0.5) is 0 Å². The monoisotopic (exact) mass is 195 g/mol. The second-order valence-electron chi connectivity index (χ2n) is 3.70. The summed E-state index contributed by atoms with van der Waals surface area (Å²) in [6, 6.07) is 8.36. The van der Waals surface area contributed by atoms with Crippen molar-refractivity contribution in [2.24, 2.45) is 0 Å². The molecule has 0 radical (unpaired) electrons. The molecule has 1 aliphatic rings. The van der Waals surface area contributed by atoms with Gasteiger partial charge in [0, 0.05) is 6.42 Å². The fourth-order valence-electron chi connectivity index (χ4n) is 1.72. The first-order chi connectivity index (χ1) is 6.25. The normalized spacial score (nSPS) is 20.1. The average molecular weight is 195 g/mol. The largest absolute Gasteiger partial charge is 0.485 e. The topological polar surface area (TPSA) is 9.23 Å². The molecule has 0 saturated heterocycles. The smallest absolute Gasteiger partial charge is 0.147 e. The second-order valence-corrected chi connectivity index (χ2v) is 6.01. The maximum Gasteiger partial charge on any atom is 0.147 e. The Labute approximate surface area is 82.5 Å². The highest BCUT2D eigenvalue weighted by atomic mass is 32.2. The molecule has 13 heavy (non-hydrogen) atoms. The van der Waals surface area contributed by atoms with Crippen LogP contribution in [-0.4, -0.2) is 24.4 Å². The molecule has 1 aliphatic heterocycles. The minimum atomic E-state index is 0.427. The quantitative estimate of drug-likeness (QED) is 0.655. The van der Waals surface area contributed by atoms with Crippen molar-refractivity contribution in [3.05, 3.63) is 29.8 Å². The molecule has 1 nitrogen and oxygen atoms in total. The van der Waals surface area contributed by atoms with E-state index in [1.807, 2.05) is 6.07 Å². The van der Waals surface area contributed by atoms with E-state index in [1.54, 1.807) is 0 Å². The van der Waals surface area contributed by atoms with E-state index in [9.17, 15) is 0 Å². The molecular weight excluding hydrogens is 180 g/mol. The van der Waals surface area contributed by atoms with Gasteiger partial charge in [-0.15, -0.1) is 0 Å². The van der Waals surface area contributed by atoms with Crippen LogP contribution in [0.1, 0.15) is 5.56 Å². The van der Waals surface area contributed by atoms with Gasteiger partial charge in [-0.25, -0.2) is 0 Å². The summed E-state index contributed by atoms with van der Waals surface area (Å²) < 4.78 is 5.82. The minimum absolute atomic E-state index is 0.427. The summed E-state index contributed by atoms with van der Waals surface area (Å²) in [6.07, 6.45) is 6.07. The summed E-state index contributed by atoms with van der Waals surface area (Å²) in [7, 11) is 0.481. The molecule has 2 rings (SSSR count). The Morgan fingerprint density at radius 2 is 2.15 bits per heavy atom. The van der Waals surface area contributed by atoms with Gasteiger partial charge in [0.2, 0.25) is 0 Å². The van der Waals surface area contributed by atoms with E-state index >= 15 is 0 Å². The SMILES string of the molecule is C[S+](C)CC1Cc2ccccc2O1. The highest BCUT2D eigenvalue weighted by Crippen LogP contribution is 2.28. The lowest BCUT2D eigenvalue weighted by Crippen LogP contribution is -2.23. The molecule has 0 saturated carbocycles. The van der Waals surface area contributed by atoms with Crippen LogP contribution in [0.25, 0.3) is 0 Å². The van der Waals surface area contributed by atoms with E-state index in [0.29, 0.717) is 17.0 Å². The fraction of sp³-hybridized carbons (Fsp3) is 0.455. The van der Waals surface area contributed by atoms with E-state index in [0.717, 1.165) is 12.2 Å². The van der Waals surface area contributed by atoms with Gasteiger partial charge in [0.15, 0.2) is 0 Å². The van der Waals surface area contributed by atoms with Gasteiger partial charge in [0.05, 0.1) is 12.5 Å². The summed E-state index contributed by atoms with van der Waals surface area (Å²) in [5.74, 6) is 2.28. The van der Waals surface area contributed by atoms with E-state index < -0.39 is 0 Å². The number of benzene rings is 1. The van der Waals surface area contributed by atoms with Crippen LogP contribution in [0.3, 0.4) is 0 Å². The van der Waals surface area contributed by atoms with Gasteiger partial charge in [-0.1, -0.05) is 18.2 Å². The lowest BCUT2D eigenvalue weighted by molar-refractivity contribution is 0.259. The Morgan fingerprint density at radius 3 is 2.85 bits per heavy atom. The average Bonchev–Trinajstić information content (AvgIpc) is 2.44. The molecule has 1 aromatic rings. The molecular formula is C11H15OS+. The van der Waals surface area contributed by atoms with E-state index in [1.165, 1.54) is 11.3 Å². The summed E-state index contributed by atoms with van der Waals surface area (Å²) in [5, 5.41) is 0. The summed E-state index contributed by atoms with van der Waals surface area (Å²) in [6.45, 7) is 0. The molecule has 1 unspecified atom stereocenters. The van der Waals surface area contributed by atoms with Gasteiger partial charge in [-0.2, -0.15) is 0 Å². The first kappa shape index (κ1) is 8.95. The number of hydrogen-bond acceptors (Lipinski definition) is 1. The van der Waals surface area contributed by atoms with Crippen LogP contribution in [0, 0.1) is 0 Å². The van der Waals surface area contributed by atoms with Crippen LogP contribution in [0.2, 0.25) is 0 Å². The van der Waals surface area contributed by atoms with Gasteiger partial charge in [-0.3, -0.25) is 0 Å². The molecule has 0 amide bonds. The minimum Gasteiger partial charge on any atom is -0.485 e. The molecule has 0 fully saturated rings. The Hall–Kier alpha value is -0.630. The molecule has 0 N–H and O–H groups in total. The Balaban J connectivity index is 2.05. The van der Waals surface area contributed by atoms with Gasteiger partial charge < -0.3 is 4.74 Å². The maximum absolute atomic E-state index is 5.82. The summed E-state index contributed by atoms with van der Waals surface area (Å²) in [4.78, 5) is 0. The van der Waals surface area contributed by atoms with Crippen molar-refractivity contribution in [3.8, 4) is 5.75 Å². The van der Waals surface area contributed by atoms with Crippen molar-refractivity contribution in [2.75, 3.05) is 18.3 Å². The van der Waals surface area contributed by atoms with Crippen molar-refractivity contribution in [3.63, 3.8) is 0 Å². The predicted molar refractivity (Wildman–Crippen MR) is 58.6 cm³/mol. The Bertz CT molecular complexity index is 271. The third kappa shape index (κ3) is 1.99. The maximum atomic E-state index is 5.82. The zero-order valence-corrected chi connectivity index (χ0v) is 8.93. The molecule has 1 heterocycles. The van der Waals surface area contributed by atoms with Gasteiger partial charge in [0.1, 0.15) is 17.6 Å². The summed E-state index contributed by atoms with van der Waals surface area (Å²) >= 11 is 0. The van der Waals surface area contributed by atoms with E-state index in [4.69, 9.17) is 4.74 Å². The van der Waals surface area contributed by atoms with Gasteiger partial charge in [-0.05, 0) is 22.5 Å². The van der Waals surface area contributed by atoms with Crippen molar-refractivity contribution in [2.45, 2.75) is 12.5 Å². The molecule has 1 atom stereocenters. The first-order valence-electron chi connectivity index (χ1n) is 4.54. The predicted octanol–water partition coefficient (Wildman–Crippen LogP) is 1.87. The molecule has 2 heteroatoms. The Kier molecular flexibility index (Phi) is 2.49. The summed E-state index contributed by atoms with van der Waals surface area (Å²) in [5.41, 5.74) is 1.37. The van der Waals surface area contributed by atoms with Gasteiger partial charge >= 0.3 is 0 Å². The zero-order valence-electron chi connectivity index (χ0n) is 8.12. The van der Waals surface area contributed by atoms with Crippen LogP contribution >= 0.6 is 0 Å². The zero-order chi connectivity index (χ0) is 9.26. The number of ether oxygens (including phenoxy) is 1. The third-order valence-corrected chi connectivity index (χ3v) is 3.27. The number of rotatable bonds is 2. The molecule has 0 bridgehead atoms. The van der Waals surface area contributed by atoms with Gasteiger partial charge in [0.25, 0.3) is 0 Å². The van der Waals surface area contributed by atoms with E-state index in [2.05, 4.69) is 30.7 Å². The van der Waals surface area contributed by atoms with E-state index in [-0.39, 0.29) is 0 Å². The Morgan fingerprint density at radius 1 is 1.38 bits per heavy atom. The number of para-hydroxylation sites is 1. The molecule has 70 valence electrons. The molecule has 1 aromatic carbocycles. The standard InChI is InChI=1S/C11H15OS/c1-13(2)8-10-7-9-5-3-4-6-11(9)12-10/h3-6,10H,7-8H2,1-2H3/q+1. The van der Waals surface area contributed by atoms with Crippen molar-refractivity contribution in [1.82, 2.24) is 0 Å². The second kappa shape index (κ2) is 3.62.